The monoisotopic (exact) mass is 222 g/mol. The Hall–Kier alpha value is -1.22. The molecule has 3 heteroatoms. The summed E-state index contributed by atoms with van der Waals surface area (Å²) >= 11 is 0. The molecule has 0 amide bonds. The first-order valence-corrected chi connectivity index (χ1v) is 5.45. The number of benzene rings is 1. The Labute approximate surface area is 95.7 Å². The first-order chi connectivity index (χ1) is 7.47. The minimum atomic E-state index is -0.216. The zero-order chi connectivity index (χ0) is 12.0. The van der Waals surface area contributed by atoms with Gasteiger partial charge in [-0.1, -0.05) is 19.9 Å². The normalized spacial score (nSPS) is 26.5. The van der Waals surface area contributed by atoms with E-state index in [9.17, 15) is 10.2 Å². The Morgan fingerprint density at radius 3 is 2.44 bits per heavy atom. The van der Waals surface area contributed by atoms with Crippen molar-refractivity contribution in [3.8, 4) is 11.5 Å². The number of hydrogen-bond donors (Lipinski definition) is 2. The molecule has 16 heavy (non-hydrogen) atoms. The van der Waals surface area contributed by atoms with E-state index in [0.717, 1.165) is 12.0 Å². The summed E-state index contributed by atoms with van der Waals surface area (Å²) < 4.78 is 5.28. The highest BCUT2D eigenvalue weighted by molar-refractivity contribution is 5.49. The van der Waals surface area contributed by atoms with Crippen LogP contribution in [0.4, 0.5) is 0 Å². The number of aromatic hydroxyl groups is 1. The fourth-order valence-electron chi connectivity index (χ4n) is 2.60. The Balaban J connectivity index is 2.48. The molecule has 1 aliphatic rings. The van der Waals surface area contributed by atoms with Gasteiger partial charge in [0.2, 0.25) is 0 Å². The topological polar surface area (TPSA) is 49.7 Å². The van der Waals surface area contributed by atoms with Crippen molar-refractivity contribution >= 4 is 0 Å². The van der Waals surface area contributed by atoms with Crippen LogP contribution in [0.2, 0.25) is 0 Å². The van der Waals surface area contributed by atoms with Crippen LogP contribution in [0.15, 0.2) is 18.2 Å². The first-order valence-electron chi connectivity index (χ1n) is 5.45. The Morgan fingerprint density at radius 2 is 2.00 bits per heavy atom. The molecule has 2 N–H and O–H groups in total. The molecular formula is C13H18O3. The maximum absolute atomic E-state index is 9.62. The number of aliphatic hydroxyl groups excluding tert-OH is 1. The second-order valence-corrected chi connectivity index (χ2v) is 5.19. The van der Waals surface area contributed by atoms with E-state index in [1.165, 1.54) is 0 Å². The SMILES string of the molecule is COc1cc(O)ccc1C1(CO)CC1(C)C. The number of rotatable bonds is 3. The molecule has 88 valence electrons. The lowest BCUT2D eigenvalue weighted by atomic mass is 9.88. The van der Waals surface area contributed by atoms with Crippen LogP contribution in [0.5, 0.6) is 11.5 Å². The molecule has 0 bridgehead atoms. The van der Waals surface area contributed by atoms with Crippen LogP contribution in [0.3, 0.4) is 0 Å². The number of phenols is 1. The van der Waals surface area contributed by atoms with Crippen LogP contribution in [-0.4, -0.2) is 23.9 Å². The average molecular weight is 222 g/mol. The van der Waals surface area contributed by atoms with E-state index in [1.807, 2.05) is 6.07 Å². The second-order valence-electron chi connectivity index (χ2n) is 5.19. The van der Waals surface area contributed by atoms with Gasteiger partial charge in [-0.05, 0) is 17.9 Å². The molecule has 0 radical (unpaired) electrons. The van der Waals surface area contributed by atoms with E-state index < -0.39 is 0 Å². The number of hydrogen-bond acceptors (Lipinski definition) is 3. The summed E-state index contributed by atoms with van der Waals surface area (Å²) in [5.41, 5.74) is 0.859. The number of methoxy groups -OCH3 is 1. The van der Waals surface area contributed by atoms with Gasteiger partial charge >= 0.3 is 0 Å². The third-order valence-electron chi connectivity index (χ3n) is 3.88. The van der Waals surface area contributed by atoms with Crippen molar-refractivity contribution in [2.75, 3.05) is 13.7 Å². The van der Waals surface area contributed by atoms with Gasteiger partial charge in [0, 0.05) is 17.0 Å². The molecule has 1 fully saturated rings. The minimum absolute atomic E-state index is 0.0893. The van der Waals surface area contributed by atoms with Crippen molar-refractivity contribution in [1.82, 2.24) is 0 Å². The summed E-state index contributed by atoms with van der Waals surface area (Å²) in [7, 11) is 1.58. The Morgan fingerprint density at radius 1 is 1.38 bits per heavy atom. The smallest absolute Gasteiger partial charge is 0.126 e. The quantitative estimate of drug-likeness (QED) is 0.823. The third kappa shape index (κ3) is 1.39. The van der Waals surface area contributed by atoms with E-state index in [-0.39, 0.29) is 23.2 Å². The van der Waals surface area contributed by atoms with E-state index >= 15 is 0 Å². The van der Waals surface area contributed by atoms with Crippen molar-refractivity contribution in [1.29, 1.82) is 0 Å². The van der Waals surface area contributed by atoms with Gasteiger partial charge in [0.15, 0.2) is 0 Å². The van der Waals surface area contributed by atoms with Gasteiger partial charge < -0.3 is 14.9 Å². The van der Waals surface area contributed by atoms with Crippen LogP contribution in [0, 0.1) is 5.41 Å². The molecule has 1 aromatic carbocycles. The minimum Gasteiger partial charge on any atom is -0.508 e. The molecule has 1 aromatic rings. The van der Waals surface area contributed by atoms with Gasteiger partial charge in [0.25, 0.3) is 0 Å². The summed E-state index contributed by atoms with van der Waals surface area (Å²) in [6.45, 7) is 4.38. The molecular weight excluding hydrogens is 204 g/mol. The molecule has 1 atom stereocenters. The highest BCUT2D eigenvalue weighted by Crippen LogP contribution is 2.65. The van der Waals surface area contributed by atoms with Crippen LogP contribution >= 0.6 is 0 Å². The zero-order valence-corrected chi connectivity index (χ0v) is 9.95. The first kappa shape index (κ1) is 11.3. The lowest BCUT2D eigenvalue weighted by Crippen LogP contribution is -2.20. The van der Waals surface area contributed by atoms with E-state index in [1.54, 1.807) is 19.2 Å². The largest absolute Gasteiger partial charge is 0.508 e. The summed E-state index contributed by atoms with van der Waals surface area (Å²) in [5.74, 6) is 0.840. The molecule has 0 aliphatic heterocycles. The third-order valence-corrected chi connectivity index (χ3v) is 3.88. The molecule has 2 rings (SSSR count). The second kappa shape index (κ2) is 3.39. The van der Waals surface area contributed by atoms with Crippen molar-refractivity contribution < 1.29 is 14.9 Å². The molecule has 0 aromatic heterocycles. The Bertz CT molecular complexity index is 412. The fraction of sp³-hybridized carbons (Fsp3) is 0.538. The van der Waals surface area contributed by atoms with Crippen LogP contribution in [-0.2, 0) is 5.41 Å². The van der Waals surface area contributed by atoms with Crippen molar-refractivity contribution in [2.45, 2.75) is 25.7 Å². The van der Waals surface area contributed by atoms with Crippen molar-refractivity contribution in [3.05, 3.63) is 23.8 Å². The number of ether oxygens (including phenoxy) is 1. The number of phenolic OH excluding ortho intramolecular Hbond substituents is 1. The summed E-state index contributed by atoms with van der Waals surface area (Å²) in [6.07, 6.45) is 0.942. The highest BCUT2D eigenvalue weighted by Gasteiger charge is 2.62. The van der Waals surface area contributed by atoms with Crippen LogP contribution < -0.4 is 4.74 Å². The summed E-state index contributed by atoms with van der Waals surface area (Å²) in [6, 6.07) is 5.09. The fourth-order valence-corrected chi connectivity index (χ4v) is 2.60. The predicted octanol–water partition coefficient (Wildman–Crippen LogP) is 2.06. The molecule has 1 unspecified atom stereocenters. The zero-order valence-electron chi connectivity index (χ0n) is 9.95. The Kier molecular flexibility index (Phi) is 2.39. The summed E-state index contributed by atoms with van der Waals surface area (Å²) in [5, 5.41) is 19.0. The van der Waals surface area contributed by atoms with Crippen LogP contribution in [0.1, 0.15) is 25.8 Å². The van der Waals surface area contributed by atoms with Gasteiger partial charge in [0.05, 0.1) is 13.7 Å². The van der Waals surface area contributed by atoms with E-state index in [2.05, 4.69) is 13.8 Å². The van der Waals surface area contributed by atoms with E-state index in [0.29, 0.717) is 5.75 Å². The average Bonchev–Trinajstić information content (AvgIpc) is 2.82. The molecule has 0 heterocycles. The lowest BCUT2D eigenvalue weighted by molar-refractivity contribution is 0.227. The standard InChI is InChI=1S/C13H18O3/c1-12(2)7-13(12,8-14)10-5-4-9(15)6-11(10)16-3/h4-6,14-15H,7-8H2,1-3H3. The maximum Gasteiger partial charge on any atom is 0.126 e. The van der Waals surface area contributed by atoms with Gasteiger partial charge in [-0.25, -0.2) is 0 Å². The van der Waals surface area contributed by atoms with Gasteiger partial charge in [-0.3, -0.25) is 0 Å². The number of aliphatic hydroxyl groups is 1. The molecule has 0 spiro atoms. The molecule has 0 saturated heterocycles. The van der Waals surface area contributed by atoms with Gasteiger partial charge in [-0.15, -0.1) is 0 Å². The van der Waals surface area contributed by atoms with Gasteiger partial charge in [-0.2, -0.15) is 0 Å². The predicted molar refractivity (Wildman–Crippen MR) is 61.8 cm³/mol. The van der Waals surface area contributed by atoms with E-state index in [4.69, 9.17) is 4.74 Å². The summed E-state index contributed by atoms with van der Waals surface area (Å²) in [4.78, 5) is 0. The highest BCUT2D eigenvalue weighted by atomic mass is 16.5. The van der Waals surface area contributed by atoms with Crippen LogP contribution in [0.25, 0.3) is 0 Å². The molecule has 3 nitrogen and oxygen atoms in total. The van der Waals surface area contributed by atoms with Crippen molar-refractivity contribution in [3.63, 3.8) is 0 Å². The maximum atomic E-state index is 9.62. The van der Waals surface area contributed by atoms with Crippen molar-refractivity contribution in [2.24, 2.45) is 5.41 Å². The molecule has 1 aliphatic carbocycles. The lowest BCUT2D eigenvalue weighted by Gasteiger charge is -2.21. The molecule has 1 saturated carbocycles. The van der Waals surface area contributed by atoms with Gasteiger partial charge in [0.1, 0.15) is 11.5 Å².